The van der Waals surface area contributed by atoms with Gasteiger partial charge in [-0.3, -0.25) is 0 Å². The monoisotopic (exact) mass is 660 g/mol. The summed E-state index contributed by atoms with van der Waals surface area (Å²) < 4.78 is 31.3. The number of hydrogen-bond acceptors (Lipinski definition) is 12. The Morgan fingerprint density at radius 1 is 0.565 bits per heavy atom. The minimum Gasteiger partial charge on any atom is -0.443 e. The molecule has 0 bridgehead atoms. The fraction of sp³-hybridized carbons (Fsp3) is 0.800. The molecule has 2 aliphatic heterocycles. The summed E-state index contributed by atoms with van der Waals surface area (Å²) in [6.07, 6.45) is -1.71. The minimum absolute atomic E-state index is 0.0223. The summed E-state index contributed by atoms with van der Waals surface area (Å²) in [6.45, 7) is 20.9. The number of carbonyl (C=O) groups excluding carboxylic acids is 6. The zero-order chi connectivity index (χ0) is 35.8. The fourth-order valence-corrected chi connectivity index (χ4v) is 3.86. The zero-order valence-electron chi connectivity index (χ0n) is 29.2. The van der Waals surface area contributed by atoms with Crippen molar-refractivity contribution in [2.24, 2.45) is 0 Å². The van der Waals surface area contributed by atoms with Crippen molar-refractivity contribution in [3.8, 4) is 0 Å². The smallest absolute Gasteiger partial charge is 0.430 e. The molecule has 46 heavy (non-hydrogen) atoms. The van der Waals surface area contributed by atoms with Crippen molar-refractivity contribution < 1.29 is 57.2 Å². The van der Waals surface area contributed by atoms with E-state index >= 15 is 0 Å². The van der Waals surface area contributed by atoms with Gasteiger partial charge in [0.25, 0.3) is 0 Å². The van der Waals surface area contributed by atoms with Gasteiger partial charge in [0.2, 0.25) is 0 Å². The van der Waals surface area contributed by atoms with Gasteiger partial charge in [-0.1, -0.05) is 0 Å². The molecule has 0 aliphatic carbocycles. The first-order valence-electron chi connectivity index (χ1n) is 14.9. The molecule has 0 spiro atoms. The molecule has 264 valence electrons. The van der Waals surface area contributed by atoms with Crippen LogP contribution in [0.1, 0.15) is 95.9 Å². The third kappa shape index (κ3) is 13.4. The molecule has 0 saturated carbocycles. The lowest BCUT2D eigenvalue weighted by Gasteiger charge is -2.36. The van der Waals surface area contributed by atoms with Crippen molar-refractivity contribution in [1.82, 2.24) is 20.9 Å². The van der Waals surface area contributed by atoms with Gasteiger partial charge in [-0.2, -0.15) is 0 Å². The SMILES string of the molecule is CC(C)(C)OC(=O)NN(C(=O)OC(C)(C)C)C1(C=O)CCOC1.CC(C)(C)OC(=O)NN(C(=O)OC(C)(C)C)C1(C=O)CCOC1. The van der Waals surface area contributed by atoms with E-state index in [0.717, 1.165) is 10.0 Å². The molecule has 2 rings (SSSR count). The number of aldehydes is 2. The fourth-order valence-electron chi connectivity index (χ4n) is 3.86. The zero-order valence-corrected chi connectivity index (χ0v) is 29.2. The number of carbonyl (C=O) groups is 6. The van der Waals surface area contributed by atoms with Gasteiger partial charge < -0.3 is 38.0 Å². The molecule has 0 radical (unpaired) electrons. The van der Waals surface area contributed by atoms with Crippen molar-refractivity contribution in [2.45, 2.75) is 129 Å². The Labute approximate surface area is 271 Å². The maximum atomic E-state index is 12.4. The van der Waals surface area contributed by atoms with Crippen molar-refractivity contribution in [2.75, 3.05) is 26.4 Å². The molecule has 2 fully saturated rings. The standard InChI is InChI=1S/2C15H26N2O6/c2*1-13(2,3)22-11(19)16-17(12(20)23-14(4,5)6)15(9-18)7-8-21-10-15/h2*9H,7-8,10H2,1-6H3,(H,16,19). The first kappa shape index (κ1) is 40.4. The summed E-state index contributed by atoms with van der Waals surface area (Å²) in [5.74, 6) is 0. The third-order valence-electron chi connectivity index (χ3n) is 5.75. The Hall–Kier alpha value is -3.66. The molecular formula is C30H52N4O12. The highest BCUT2D eigenvalue weighted by atomic mass is 16.6. The van der Waals surface area contributed by atoms with Crippen molar-refractivity contribution in [3.63, 3.8) is 0 Å². The molecule has 4 amide bonds. The average molecular weight is 661 g/mol. The molecule has 2 aliphatic rings. The Bertz CT molecular complexity index is 1000. The van der Waals surface area contributed by atoms with Crippen LogP contribution in [0.5, 0.6) is 0 Å². The van der Waals surface area contributed by atoms with Crippen LogP contribution in [0.2, 0.25) is 0 Å². The first-order chi connectivity index (χ1) is 20.8. The lowest BCUT2D eigenvalue weighted by atomic mass is 10.0. The second kappa shape index (κ2) is 15.3. The number of rotatable bonds is 4. The van der Waals surface area contributed by atoms with Gasteiger partial charge in [-0.25, -0.2) is 40.0 Å². The third-order valence-corrected chi connectivity index (χ3v) is 5.75. The molecular weight excluding hydrogens is 608 g/mol. The molecule has 0 aromatic rings. The highest BCUT2D eigenvalue weighted by Crippen LogP contribution is 2.27. The quantitative estimate of drug-likeness (QED) is 0.251. The van der Waals surface area contributed by atoms with Crippen LogP contribution in [0.4, 0.5) is 19.2 Å². The summed E-state index contributed by atoms with van der Waals surface area (Å²) in [4.78, 5) is 72.1. The number of hydrazine groups is 2. The van der Waals surface area contributed by atoms with Crippen LogP contribution in [0.15, 0.2) is 0 Å². The van der Waals surface area contributed by atoms with Crippen molar-refractivity contribution >= 4 is 36.9 Å². The van der Waals surface area contributed by atoms with Gasteiger partial charge in [-0.05, 0) is 83.1 Å². The summed E-state index contributed by atoms with van der Waals surface area (Å²) in [7, 11) is 0. The average Bonchev–Trinajstić information content (AvgIpc) is 3.53. The summed E-state index contributed by atoms with van der Waals surface area (Å²) in [5, 5.41) is 1.73. The van der Waals surface area contributed by atoms with Gasteiger partial charge in [0.15, 0.2) is 0 Å². The van der Waals surface area contributed by atoms with E-state index in [2.05, 4.69) is 10.9 Å². The van der Waals surface area contributed by atoms with E-state index < -0.39 is 57.9 Å². The predicted octanol–water partition coefficient (Wildman–Crippen LogP) is 4.04. The highest BCUT2D eigenvalue weighted by Gasteiger charge is 2.48. The maximum absolute atomic E-state index is 12.4. The molecule has 2 unspecified atom stereocenters. The van der Waals surface area contributed by atoms with Crippen LogP contribution >= 0.6 is 0 Å². The predicted molar refractivity (Wildman–Crippen MR) is 163 cm³/mol. The Balaban J connectivity index is 0.000000460. The molecule has 2 atom stereocenters. The van der Waals surface area contributed by atoms with Gasteiger partial charge in [0.1, 0.15) is 46.1 Å². The van der Waals surface area contributed by atoms with Crippen LogP contribution in [-0.2, 0) is 38.0 Å². The lowest BCUT2D eigenvalue weighted by Crippen LogP contribution is -2.62. The van der Waals surface area contributed by atoms with Crippen LogP contribution in [-0.4, -0.2) is 107 Å². The Morgan fingerprint density at radius 2 is 0.848 bits per heavy atom. The van der Waals surface area contributed by atoms with Crippen LogP contribution in [0, 0.1) is 0 Å². The number of ether oxygens (including phenoxy) is 6. The maximum Gasteiger partial charge on any atom is 0.430 e. The molecule has 2 N–H and O–H groups in total. The van der Waals surface area contributed by atoms with Crippen molar-refractivity contribution in [3.05, 3.63) is 0 Å². The molecule has 16 nitrogen and oxygen atoms in total. The van der Waals surface area contributed by atoms with Crippen LogP contribution < -0.4 is 10.9 Å². The van der Waals surface area contributed by atoms with Gasteiger partial charge in [0.05, 0.1) is 13.2 Å². The lowest BCUT2D eigenvalue weighted by molar-refractivity contribution is -0.121. The Morgan fingerprint density at radius 3 is 1.04 bits per heavy atom. The normalized spacial score (nSPS) is 21.5. The number of nitrogens with one attached hydrogen (secondary N) is 2. The van der Waals surface area contributed by atoms with E-state index in [9.17, 15) is 28.8 Å². The first-order valence-corrected chi connectivity index (χ1v) is 14.9. The summed E-state index contributed by atoms with van der Waals surface area (Å²) in [5.41, 5.74) is -1.04. The van der Waals surface area contributed by atoms with E-state index in [1.807, 2.05) is 0 Å². The molecule has 0 aromatic carbocycles. The molecule has 16 heteroatoms. The van der Waals surface area contributed by atoms with Gasteiger partial charge in [-0.15, -0.1) is 0 Å². The second-order valence-electron chi connectivity index (χ2n) is 14.9. The molecule has 2 heterocycles. The molecule has 0 aromatic heterocycles. The van der Waals surface area contributed by atoms with Crippen molar-refractivity contribution in [1.29, 1.82) is 0 Å². The summed E-state index contributed by atoms with van der Waals surface area (Å²) >= 11 is 0. The van der Waals surface area contributed by atoms with E-state index in [1.165, 1.54) is 0 Å². The largest absolute Gasteiger partial charge is 0.443 e. The van der Waals surface area contributed by atoms with E-state index in [-0.39, 0.29) is 26.1 Å². The van der Waals surface area contributed by atoms with E-state index in [1.54, 1.807) is 83.1 Å². The van der Waals surface area contributed by atoms with E-state index in [0.29, 0.717) is 25.8 Å². The van der Waals surface area contributed by atoms with Gasteiger partial charge >= 0.3 is 24.4 Å². The summed E-state index contributed by atoms with van der Waals surface area (Å²) in [6, 6.07) is 0. The Kier molecular flexibility index (Phi) is 13.4. The van der Waals surface area contributed by atoms with E-state index in [4.69, 9.17) is 28.4 Å². The van der Waals surface area contributed by atoms with Gasteiger partial charge in [0, 0.05) is 26.1 Å². The minimum atomic E-state index is -1.31. The second-order valence-corrected chi connectivity index (χ2v) is 14.9. The number of amides is 4. The topological polar surface area (TPSA) is 188 Å². The van der Waals surface area contributed by atoms with Crippen LogP contribution in [0.3, 0.4) is 0 Å². The number of nitrogens with zero attached hydrogens (tertiary/aromatic N) is 2. The van der Waals surface area contributed by atoms with Crippen LogP contribution in [0.25, 0.3) is 0 Å². The highest BCUT2D eigenvalue weighted by molar-refractivity contribution is 5.81. The number of hydrogen-bond donors (Lipinski definition) is 2. The molecule has 2 saturated heterocycles.